The molecule has 0 spiro atoms. The van der Waals surface area contributed by atoms with E-state index in [1.807, 2.05) is 0 Å². The second-order valence-electron chi connectivity index (χ2n) is 6.47. The van der Waals surface area contributed by atoms with Crippen molar-refractivity contribution in [3.05, 3.63) is 51.7 Å². The van der Waals surface area contributed by atoms with Crippen molar-refractivity contribution in [3.63, 3.8) is 0 Å². The van der Waals surface area contributed by atoms with Crippen LogP contribution in [-0.2, 0) is 11.2 Å². The summed E-state index contributed by atoms with van der Waals surface area (Å²) in [7, 11) is 0. The number of amides is 1. The molecule has 2 heterocycles. The van der Waals surface area contributed by atoms with Gasteiger partial charge in [0.25, 0.3) is 0 Å². The average Bonchev–Trinajstić information content (AvgIpc) is 3.27. The first kappa shape index (κ1) is 15.7. The van der Waals surface area contributed by atoms with Crippen LogP contribution in [-0.4, -0.2) is 23.9 Å². The molecule has 3 nitrogen and oxygen atoms in total. The van der Waals surface area contributed by atoms with Gasteiger partial charge in [-0.3, -0.25) is 9.69 Å². The summed E-state index contributed by atoms with van der Waals surface area (Å²) < 4.78 is 26.9. The van der Waals surface area contributed by atoms with Crippen LogP contribution in [0, 0.1) is 17.6 Å². The van der Waals surface area contributed by atoms with Crippen LogP contribution in [0.2, 0.25) is 0 Å². The number of halogens is 2. The van der Waals surface area contributed by atoms with Crippen LogP contribution in [0.1, 0.15) is 29.3 Å². The number of carbonyl (C=O) groups is 1. The van der Waals surface area contributed by atoms with Gasteiger partial charge in [-0.1, -0.05) is 0 Å². The Hall–Kier alpha value is -1.79. The summed E-state index contributed by atoms with van der Waals surface area (Å²) in [6, 6.07) is 5.52. The summed E-state index contributed by atoms with van der Waals surface area (Å²) in [5.74, 6) is -0.883. The molecule has 24 heavy (non-hydrogen) atoms. The zero-order valence-corrected chi connectivity index (χ0v) is 13.9. The molecule has 1 aromatic carbocycles. The van der Waals surface area contributed by atoms with E-state index >= 15 is 0 Å². The number of nitrogens with zero attached hydrogens (tertiary/aromatic N) is 1. The molecule has 0 bridgehead atoms. The molecule has 1 N–H and O–H groups in total. The number of anilines is 1. The second-order valence-corrected chi connectivity index (χ2v) is 7.47. The zero-order valence-electron chi connectivity index (χ0n) is 13.1. The van der Waals surface area contributed by atoms with Crippen LogP contribution in [0.25, 0.3) is 0 Å². The minimum atomic E-state index is -0.623. The van der Waals surface area contributed by atoms with Crippen molar-refractivity contribution in [1.82, 2.24) is 4.90 Å². The van der Waals surface area contributed by atoms with Gasteiger partial charge in [-0.2, -0.15) is 0 Å². The summed E-state index contributed by atoms with van der Waals surface area (Å²) in [6.07, 6.45) is 3.32. The lowest BCUT2D eigenvalue weighted by Gasteiger charge is -2.35. The van der Waals surface area contributed by atoms with E-state index in [-0.39, 0.29) is 24.2 Å². The Morgan fingerprint density at radius 3 is 2.92 bits per heavy atom. The Balaban J connectivity index is 1.48. The Kier molecular flexibility index (Phi) is 4.10. The largest absolute Gasteiger partial charge is 0.322 e. The lowest BCUT2D eigenvalue weighted by Crippen LogP contribution is -2.41. The monoisotopic (exact) mass is 348 g/mol. The highest BCUT2D eigenvalue weighted by Crippen LogP contribution is 2.48. The highest BCUT2D eigenvalue weighted by molar-refractivity contribution is 7.10. The van der Waals surface area contributed by atoms with Crippen LogP contribution in [0.4, 0.5) is 14.5 Å². The average molecular weight is 348 g/mol. The lowest BCUT2D eigenvalue weighted by atomic mass is 9.96. The maximum absolute atomic E-state index is 13.7. The van der Waals surface area contributed by atoms with Crippen molar-refractivity contribution in [2.75, 3.05) is 18.4 Å². The Morgan fingerprint density at radius 1 is 1.29 bits per heavy atom. The maximum atomic E-state index is 13.7. The number of nitrogens with one attached hydrogen (secondary N) is 1. The van der Waals surface area contributed by atoms with Crippen LogP contribution in [0.15, 0.2) is 29.6 Å². The fraction of sp³-hybridized carbons (Fsp3) is 0.389. The second kappa shape index (κ2) is 6.26. The van der Waals surface area contributed by atoms with Gasteiger partial charge in [0, 0.05) is 23.5 Å². The molecule has 6 heteroatoms. The van der Waals surface area contributed by atoms with Gasteiger partial charge in [0.15, 0.2) is 0 Å². The molecular weight excluding hydrogens is 330 g/mol. The number of hydrogen-bond acceptors (Lipinski definition) is 3. The van der Waals surface area contributed by atoms with Crippen molar-refractivity contribution in [1.29, 1.82) is 0 Å². The molecule has 1 aliphatic carbocycles. The smallest absolute Gasteiger partial charge is 0.238 e. The molecule has 0 radical (unpaired) electrons. The number of thiophene rings is 1. The van der Waals surface area contributed by atoms with Gasteiger partial charge in [-0.05, 0) is 54.3 Å². The highest BCUT2D eigenvalue weighted by Gasteiger charge is 2.40. The predicted molar refractivity (Wildman–Crippen MR) is 90.0 cm³/mol. The summed E-state index contributed by atoms with van der Waals surface area (Å²) in [5.41, 5.74) is 1.25. The van der Waals surface area contributed by atoms with Gasteiger partial charge < -0.3 is 5.32 Å². The minimum absolute atomic E-state index is 0.101. The third-order valence-corrected chi connectivity index (χ3v) is 5.73. The highest BCUT2D eigenvalue weighted by atomic mass is 32.1. The Bertz CT molecular complexity index is 772. The standard InChI is InChI=1S/C18H18F2N2OS/c19-12-3-4-14(20)15(9-12)21-17(23)10-22-7-5-16-13(6-8-24-16)18(22)11-1-2-11/h3-4,6,8-9,11,18H,1-2,5,7,10H2,(H,21,23)/t18-/m1/s1. The van der Waals surface area contributed by atoms with Crippen LogP contribution in [0.5, 0.6) is 0 Å². The lowest BCUT2D eigenvalue weighted by molar-refractivity contribution is -0.118. The van der Waals surface area contributed by atoms with E-state index in [4.69, 9.17) is 0 Å². The fourth-order valence-electron chi connectivity index (χ4n) is 3.51. The zero-order chi connectivity index (χ0) is 16.7. The van der Waals surface area contributed by atoms with Gasteiger partial charge in [-0.15, -0.1) is 11.3 Å². The van der Waals surface area contributed by atoms with Crippen LogP contribution < -0.4 is 5.32 Å². The minimum Gasteiger partial charge on any atom is -0.322 e. The van der Waals surface area contributed by atoms with E-state index in [1.165, 1.54) is 23.3 Å². The van der Waals surface area contributed by atoms with E-state index in [9.17, 15) is 13.6 Å². The van der Waals surface area contributed by atoms with Crippen LogP contribution in [0.3, 0.4) is 0 Å². The summed E-state index contributed by atoms with van der Waals surface area (Å²) in [4.78, 5) is 15.9. The molecule has 126 valence electrons. The first-order chi connectivity index (χ1) is 11.6. The van der Waals surface area contributed by atoms with E-state index < -0.39 is 11.6 Å². The molecular formula is C18H18F2N2OS. The van der Waals surface area contributed by atoms with Gasteiger partial charge in [-0.25, -0.2) is 8.78 Å². The van der Waals surface area contributed by atoms with E-state index in [2.05, 4.69) is 21.7 Å². The summed E-state index contributed by atoms with van der Waals surface area (Å²) in [5, 5.41) is 4.62. The topological polar surface area (TPSA) is 32.3 Å². The summed E-state index contributed by atoms with van der Waals surface area (Å²) >= 11 is 1.78. The third kappa shape index (κ3) is 3.08. The number of hydrogen-bond donors (Lipinski definition) is 1. The molecule has 2 aliphatic rings. The Labute approximate surface area is 143 Å². The van der Waals surface area contributed by atoms with E-state index in [0.29, 0.717) is 5.92 Å². The number of rotatable bonds is 4. The van der Waals surface area contributed by atoms with Crippen molar-refractivity contribution in [2.45, 2.75) is 25.3 Å². The quantitative estimate of drug-likeness (QED) is 0.907. The molecule has 0 unspecified atom stereocenters. The maximum Gasteiger partial charge on any atom is 0.238 e. The van der Waals surface area contributed by atoms with Crippen molar-refractivity contribution < 1.29 is 13.6 Å². The molecule has 1 saturated carbocycles. The fourth-order valence-corrected chi connectivity index (χ4v) is 4.42. The molecule has 1 amide bonds. The molecule has 4 rings (SSSR count). The first-order valence-electron chi connectivity index (χ1n) is 8.17. The van der Waals surface area contributed by atoms with E-state index in [0.717, 1.165) is 31.2 Å². The van der Waals surface area contributed by atoms with Crippen molar-refractivity contribution in [3.8, 4) is 0 Å². The first-order valence-corrected chi connectivity index (χ1v) is 9.05. The molecule has 1 atom stereocenters. The number of fused-ring (bicyclic) bond motifs is 1. The van der Waals surface area contributed by atoms with Gasteiger partial charge >= 0.3 is 0 Å². The molecule has 2 aromatic rings. The van der Waals surface area contributed by atoms with Gasteiger partial charge in [0.05, 0.1) is 12.2 Å². The number of carbonyl (C=O) groups excluding carboxylic acids is 1. The Morgan fingerprint density at radius 2 is 2.12 bits per heavy atom. The third-order valence-electron chi connectivity index (χ3n) is 4.74. The van der Waals surface area contributed by atoms with Gasteiger partial charge in [0.1, 0.15) is 11.6 Å². The summed E-state index contributed by atoms with van der Waals surface area (Å²) in [6.45, 7) is 1.03. The number of benzene rings is 1. The normalized spacial score (nSPS) is 20.7. The van der Waals surface area contributed by atoms with Crippen molar-refractivity contribution >= 4 is 22.9 Å². The SMILES string of the molecule is O=C(CN1CCc2sccc2[C@H]1C1CC1)Nc1cc(F)ccc1F. The van der Waals surface area contributed by atoms with Crippen LogP contribution >= 0.6 is 11.3 Å². The van der Waals surface area contributed by atoms with E-state index in [1.54, 1.807) is 11.3 Å². The van der Waals surface area contributed by atoms with Crippen molar-refractivity contribution in [2.24, 2.45) is 5.92 Å². The molecule has 0 saturated heterocycles. The molecule has 1 fully saturated rings. The molecule has 1 aliphatic heterocycles. The molecule has 1 aromatic heterocycles. The van der Waals surface area contributed by atoms with Gasteiger partial charge in [0.2, 0.25) is 5.91 Å². The predicted octanol–water partition coefficient (Wildman–Crippen LogP) is 3.97.